The van der Waals surface area contributed by atoms with Crippen molar-refractivity contribution in [3.05, 3.63) is 54.6 Å². The second-order valence-corrected chi connectivity index (χ2v) is 10.7. The van der Waals surface area contributed by atoms with Crippen molar-refractivity contribution < 1.29 is 8.42 Å². The Balaban J connectivity index is 1.23. The fraction of sp³-hybridized carbons (Fsp3) is 0.500. The molecule has 4 rings (SSSR count). The van der Waals surface area contributed by atoms with Gasteiger partial charge in [0.25, 0.3) is 10.0 Å². The maximum absolute atomic E-state index is 12.5. The van der Waals surface area contributed by atoms with Crippen LogP contribution in [0.15, 0.2) is 59.5 Å². The minimum atomic E-state index is -3.56. The lowest BCUT2D eigenvalue weighted by Crippen LogP contribution is -2.43. The van der Waals surface area contributed by atoms with E-state index in [-0.39, 0.29) is 4.90 Å². The van der Waals surface area contributed by atoms with Crippen LogP contribution in [0.3, 0.4) is 0 Å². The lowest BCUT2D eigenvalue weighted by atomic mass is 9.93. The zero-order valence-electron chi connectivity index (χ0n) is 18.9. The van der Waals surface area contributed by atoms with E-state index in [0.29, 0.717) is 29.7 Å². The van der Waals surface area contributed by atoms with Gasteiger partial charge in [0.05, 0.1) is 4.90 Å². The predicted octanol–water partition coefficient (Wildman–Crippen LogP) is 2.94. The molecule has 0 aliphatic carbocycles. The monoisotopic (exact) mass is 457 g/mol. The lowest BCUT2D eigenvalue weighted by Gasteiger charge is -2.34. The molecule has 2 aliphatic heterocycles. The molecule has 2 saturated heterocycles. The van der Waals surface area contributed by atoms with Gasteiger partial charge in [0, 0.05) is 42.6 Å². The number of benzene rings is 2. The first-order valence-corrected chi connectivity index (χ1v) is 13.1. The number of sulfonamides is 1. The molecular formula is C24H35N5O2S. The highest BCUT2D eigenvalue weighted by Gasteiger charge is 2.29. The summed E-state index contributed by atoms with van der Waals surface area (Å²) in [7, 11) is -3.56. The van der Waals surface area contributed by atoms with Gasteiger partial charge in [-0.25, -0.2) is 8.42 Å². The minimum absolute atomic E-state index is 0.267. The van der Waals surface area contributed by atoms with Gasteiger partial charge in [-0.1, -0.05) is 18.2 Å². The van der Waals surface area contributed by atoms with Gasteiger partial charge in [-0.05, 0) is 82.0 Å². The summed E-state index contributed by atoms with van der Waals surface area (Å²) >= 11 is 0. The molecular weight excluding hydrogens is 422 g/mol. The van der Waals surface area contributed by atoms with E-state index in [1.165, 1.54) is 6.42 Å². The number of nitrogens with one attached hydrogen (secondary N) is 4. The Morgan fingerprint density at radius 2 is 1.56 bits per heavy atom. The van der Waals surface area contributed by atoms with Crippen molar-refractivity contribution in [3.8, 4) is 0 Å². The van der Waals surface area contributed by atoms with Gasteiger partial charge >= 0.3 is 0 Å². The molecule has 8 heteroatoms. The van der Waals surface area contributed by atoms with Gasteiger partial charge in [0.2, 0.25) is 0 Å². The standard InChI is InChI=1S/C24H35N5O2S/c1-18-24(19(2)27-26-18)12-15-25-20-13-16-29(17-14-20)22-10-8-21(9-11-22)28-32(30,31)23-6-4-3-5-7-23/h3-11,18-20,24-28H,12-17H2,1-2H3. The van der Waals surface area contributed by atoms with Crippen LogP contribution < -0.4 is 25.8 Å². The fourth-order valence-electron chi connectivity index (χ4n) is 4.76. The first-order chi connectivity index (χ1) is 15.4. The van der Waals surface area contributed by atoms with Crippen LogP contribution in [0.4, 0.5) is 11.4 Å². The molecule has 2 aliphatic rings. The van der Waals surface area contributed by atoms with E-state index < -0.39 is 10.0 Å². The Bertz CT molecular complexity index is 950. The van der Waals surface area contributed by atoms with E-state index in [9.17, 15) is 8.42 Å². The Hall–Kier alpha value is -2.13. The van der Waals surface area contributed by atoms with Gasteiger partial charge in [-0.15, -0.1) is 0 Å². The van der Waals surface area contributed by atoms with E-state index >= 15 is 0 Å². The average Bonchev–Trinajstić information content (AvgIpc) is 3.13. The second kappa shape index (κ2) is 10.2. The smallest absolute Gasteiger partial charge is 0.261 e. The van der Waals surface area contributed by atoms with E-state index in [0.717, 1.165) is 38.2 Å². The molecule has 0 amide bonds. The zero-order valence-corrected chi connectivity index (χ0v) is 19.7. The number of anilines is 2. The highest BCUT2D eigenvalue weighted by molar-refractivity contribution is 7.92. The van der Waals surface area contributed by atoms with Gasteiger partial charge < -0.3 is 10.2 Å². The summed E-state index contributed by atoms with van der Waals surface area (Å²) in [6.07, 6.45) is 3.42. The van der Waals surface area contributed by atoms with Crippen LogP contribution in [-0.4, -0.2) is 46.2 Å². The summed E-state index contributed by atoms with van der Waals surface area (Å²) in [5.41, 5.74) is 8.38. The van der Waals surface area contributed by atoms with E-state index in [4.69, 9.17) is 0 Å². The van der Waals surface area contributed by atoms with E-state index in [2.05, 4.69) is 39.6 Å². The van der Waals surface area contributed by atoms with Gasteiger partial charge in [0.1, 0.15) is 0 Å². The van der Waals surface area contributed by atoms with Crippen LogP contribution >= 0.6 is 0 Å². The maximum Gasteiger partial charge on any atom is 0.261 e. The Kier molecular flexibility index (Phi) is 7.35. The van der Waals surface area contributed by atoms with Crippen LogP contribution in [0, 0.1) is 5.92 Å². The summed E-state index contributed by atoms with van der Waals surface area (Å²) in [4.78, 5) is 2.64. The molecule has 0 saturated carbocycles. The molecule has 2 heterocycles. The highest BCUT2D eigenvalue weighted by atomic mass is 32.2. The molecule has 2 aromatic rings. The van der Waals surface area contributed by atoms with Gasteiger partial charge in [0.15, 0.2) is 0 Å². The third-order valence-corrected chi connectivity index (χ3v) is 8.16. The molecule has 0 radical (unpaired) electrons. The SMILES string of the molecule is CC1NNC(C)C1CCNC1CCN(c2ccc(NS(=O)(=O)c3ccccc3)cc2)CC1. The summed E-state index contributed by atoms with van der Waals surface area (Å²) in [6.45, 7) is 7.57. The Morgan fingerprint density at radius 1 is 0.938 bits per heavy atom. The third-order valence-electron chi connectivity index (χ3n) is 6.77. The average molecular weight is 458 g/mol. The second-order valence-electron chi connectivity index (χ2n) is 9.00. The van der Waals surface area contributed by atoms with Crippen LogP contribution in [0.1, 0.15) is 33.1 Å². The largest absolute Gasteiger partial charge is 0.371 e. The number of nitrogens with zero attached hydrogens (tertiary/aromatic N) is 1. The van der Waals surface area contributed by atoms with E-state index in [1.807, 2.05) is 24.3 Å². The molecule has 32 heavy (non-hydrogen) atoms. The van der Waals surface area contributed by atoms with Crippen molar-refractivity contribution >= 4 is 21.4 Å². The van der Waals surface area contributed by atoms with Crippen LogP contribution in [0.25, 0.3) is 0 Å². The fourth-order valence-corrected chi connectivity index (χ4v) is 5.84. The van der Waals surface area contributed by atoms with Crippen molar-refractivity contribution in [3.63, 3.8) is 0 Å². The van der Waals surface area contributed by atoms with Crippen LogP contribution in [-0.2, 0) is 10.0 Å². The number of hydrazine groups is 1. The highest BCUT2D eigenvalue weighted by Crippen LogP contribution is 2.24. The molecule has 2 fully saturated rings. The molecule has 0 aromatic heterocycles. The Morgan fingerprint density at radius 3 is 2.19 bits per heavy atom. The summed E-state index contributed by atoms with van der Waals surface area (Å²) in [6, 6.07) is 17.7. The van der Waals surface area contributed by atoms with E-state index in [1.54, 1.807) is 30.3 Å². The molecule has 2 atom stereocenters. The van der Waals surface area contributed by atoms with Crippen LogP contribution in [0.2, 0.25) is 0 Å². The summed E-state index contributed by atoms with van der Waals surface area (Å²) in [5.74, 6) is 0.667. The zero-order chi connectivity index (χ0) is 22.6. The third kappa shape index (κ3) is 5.61. The van der Waals surface area contributed by atoms with Crippen LogP contribution in [0.5, 0.6) is 0 Å². The molecule has 174 valence electrons. The molecule has 0 bridgehead atoms. The molecule has 7 nitrogen and oxygen atoms in total. The molecule has 2 aromatic carbocycles. The topological polar surface area (TPSA) is 85.5 Å². The molecule has 4 N–H and O–H groups in total. The summed E-state index contributed by atoms with van der Waals surface area (Å²) < 4.78 is 27.6. The normalized spacial score (nSPS) is 24.6. The van der Waals surface area contributed by atoms with Crippen molar-refractivity contribution in [2.24, 2.45) is 5.92 Å². The van der Waals surface area contributed by atoms with Crippen molar-refractivity contribution in [2.75, 3.05) is 29.3 Å². The molecule has 0 spiro atoms. The first kappa shape index (κ1) is 23.0. The number of hydrogen-bond acceptors (Lipinski definition) is 6. The quantitative estimate of drug-likeness (QED) is 0.488. The van der Waals surface area contributed by atoms with Crippen molar-refractivity contribution in [1.29, 1.82) is 0 Å². The minimum Gasteiger partial charge on any atom is -0.371 e. The van der Waals surface area contributed by atoms with Gasteiger partial charge in [-0.2, -0.15) is 0 Å². The predicted molar refractivity (Wildman–Crippen MR) is 130 cm³/mol. The summed E-state index contributed by atoms with van der Waals surface area (Å²) in [5, 5.41) is 3.75. The van der Waals surface area contributed by atoms with Crippen molar-refractivity contribution in [2.45, 2.75) is 56.1 Å². The lowest BCUT2D eigenvalue weighted by molar-refractivity contribution is 0.362. The Labute approximate surface area is 192 Å². The number of hydrogen-bond donors (Lipinski definition) is 4. The maximum atomic E-state index is 12.5. The first-order valence-electron chi connectivity index (χ1n) is 11.6. The number of rotatable bonds is 8. The van der Waals surface area contributed by atoms with Crippen molar-refractivity contribution in [1.82, 2.24) is 16.2 Å². The number of piperidine rings is 1. The van der Waals surface area contributed by atoms with Gasteiger partial charge in [-0.3, -0.25) is 15.6 Å². The molecule has 2 unspecified atom stereocenters.